The summed E-state index contributed by atoms with van der Waals surface area (Å²) in [4.78, 5) is 13.9. The number of likely N-dealkylation sites (tertiary alicyclic amines) is 1. The Hall–Kier alpha value is -0.480. The van der Waals surface area contributed by atoms with Crippen molar-refractivity contribution in [1.82, 2.24) is 4.90 Å². The van der Waals surface area contributed by atoms with E-state index in [-0.39, 0.29) is 11.1 Å². The summed E-state index contributed by atoms with van der Waals surface area (Å²) in [5.74, 6) is 0.663. The SMILES string of the molecule is O=C(c1ccoc1Cl)N1CCC(CBr)CC1. The summed E-state index contributed by atoms with van der Waals surface area (Å²) < 4.78 is 4.93. The Balaban J connectivity index is 2.00. The van der Waals surface area contributed by atoms with E-state index in [0.29, 0.717) is 11.5 Å². The number of nitrogens with zero attached hydrogens (tertiary/aromatic N) is 1. The highest BCUT2D eigenvalue weighted by Gasteiger charge is 2.25. The molecular formula is C11H13BrClNO2. The molecule has 88 valence electrons. The molecular weight excluding hydrogens is 293 g/mol. The van der Waals surface area contributed by atoms with Crippen LogP contribution in [0.15, 0.2) is 16.7 Å². The molecule has 1 saturated heterocycles. The van der Waals surface area contributed by atoms with E-state index in [9.17, 15) is 4.79 Å². The van der Waals surface area contributed by atoms with Crippen molar-refractivity contribution < 1.29 is 9.21 Å². The van der Waals surface area contributed by atoms with E-state index in [2.05, 4.69) is 15.9 Å². The number of rotatable bonds is 2. The number of furan rings is 1. The van der Waals surface area contributed by atoms with Gasteiger partial charge in [-0.05, 0) is 36.4 Å². The smallest absolute Gasteiger partial charge is 0.258 e. The van der Waals surface area contributed by atoms with E-state index in [1.165, 1.54) is 6.26 Å². The number of hydrogen-bond acceptors (Lipinski definition) is 2. The quantitative estimate of drug-likeness (QED) is 0.786. The standard InChI is InChI=1S/C11H13BrClNO2/c12-7-8-1-4-14(5-2-8)11(15)9-3-6-16-10(9)13/h3,6,8H,1-2,4-5,7H2. The van der Waals surface area contributed by atoms with Gasteiger partial charge >= 0.3 is 0 Å². The number of carbonyl (C=O) groups excluding carboxylic acids is 1. The number of carbonyl (C=O) groups is 1. The van der Waals surface area contributed by atoms with Crippen LogP contribution in [0.1, 0.15) is 23.2 Å². The summed E-state index contributed by atoms with van der Waals surface area (Å²) in [7, 11) is 0. The fraction of sp³-hybridized carbons (Fsp3) is 0.545. The molecule has 0 unspecified atom stereocenters. The van der Waals surface area contributed by atoms with Crippen molar-refractivity contribution in [2.45, 2.75) is 12.8 Å². The van der Waals surface area contributed by atoms with E-state index < -0.39 is 0 Å². The van der Waals surface area contributed by atoms with Crippen molar-refractivity contribution in [1.29, 1.82) is 0 Å². The second-order valence-corrected chi connectivity index (χ2v) is 4.99. The Morgan fingerprint density at radius 3 is 2.75 bits per heavy atom. The number of hydrogen-bond donors (Lipinski definition) is 0. The molecule has 0 spiro atoms. The van der Waals surface area contributed by atoms with Crippen molar-refractivity contribution in [3.05, 3.63) is 23.1 Å². The zero-order valence-electron chi connectivity index (χ0n) is 8.79. The van der Waals surface area contributed by atoms with E-state index >= 15 is 0 Å². The molecule has 2 rings (SSSR count). The van der Waals surface area contributed by atoms with Gasteiger partial charge in [-0.15, -0.1) is 0 Å². The van der Waals surface area contributed by atoms with Crippen molar-refractivity contribution in [3.63, 3.8) is 0 Å². The highest BCUT2D eigenvalue weighted by molar-refractivity contribution is 9.09. The molecule has 0 N–H and O–H groups in total. The van der Waals surface area contributed by atoms with Crippen LogP contribution < -0.4 is 0 Å². The Labute approximate surface area is 108 Å². The zero-order chi connectivity index (χ0) is 11.5. The van der Waals surface area contributed by atoms with Gasteiger partial charge in [0.25, 0.3) is 5.91 Å². The van der Waals surface area contributed by atoms with E-state index in [1.54, 1.807) is 6.07 Å². The van der Waals surface area contributed by atoms with Crippen molar-refractivity contribution in [2.24, 2.45) is 5.92 Å². The lowest BCUT2D eigenvalue weighted by atomic mass is 9.99. The van der Waals surface area contributed by atoms with Gasteiger partial charge in [-0.25, -0.2) is 0 Å². The summed E-state index contributed by atoms with van der Waals surface area (Å²) in [6.07, 6.45) is 3.54. The van der Waals surface area contributed by atoms with E-state index in [4.69, 9.17) is 16.0 Å². The van der Waals surface area contributed by atoms with Crippen LogP contribution in [0.4, 0.5) is 0 Å². The monoisotopic (exact) mass is 305 g/mol. The molecule has 0 aliphatic carbocycles. The normalized spacial score (nSPS) is 17.8. The molecule has 16 heavy (non-hydrogen) atoms. The second-order valence-electron chi connectivity index (χ2n) is 4.00. The van der Waals surface area contributed by atoms with Crippen LogP contribution in [0.5, 0.6) is 0 Å². The third kappa shape index (κ3) is 2.43. The van der Waals surface area contributed by atoms with Gasteiger partial charge in [-0.3, -0.25) is 4.79 Å². The Morgan fingerprint density at radius 2 is 2.25 bits per heavy atom. The molecule has 2 heterocycles. The lowest BCUT2D eigenvalue weighted by Crippen LogP contribution is -2.38. The summed E-state index contributed by atoms with van der Waals surface area (Å²) >= 11 is 9.27. The second kappa shape index (κ2) is 5.23. The predicted molar refractivity (Wildman–Crippen MR) is 66.1 cm³/mol. The Kier molecular flexibility index (Phi) is 3.92. The van der Waals surface area contributed by atoms with Crippen LogP contribution >= 0.6 is 27.5 Å². The first-order chi connectivity index (χ1) is 7.72. The molecule has 0 aromatic carbocycles. The van der Waals surface area contributed by atoms with Crippen molar-refractivity contribution in [3.8, 4) is 0 Å². The number of alkyl halides is 1. The summed E-state index contributed by atoms with van der Waals surface area (Å²) in [5, 5.41) is 1.20. The molecule has 0 saturated carbocycles. The molecule has 1 amide bonds. The summed E-state index contributed by atoms with van der Waals surface area (Å²) in [6.45, 7) is 1.60. The molecule has 0 bridgehead atoms. The first-order valence-corrected chi connectivity index (χ1v) is 6.80. The number of piperidine rings is 1. The molecule has 1 aromatic rings. The molecule has 1 aliphatic rings. The number of halogens is 2. The highest BCUT2D eigenvalue weighted by atomic mass is 79.9. The Bertz CT molecular complexity index is 372. The molecule has 1 aromatic heterocycles. The van der Waals surface area contributed by atoms with Gasteiger partial charge in [0.05, 0.1) is 11.8 Å². The number of amides is 1. The van der Waals surface area contributed by atoms with Crippen LogP contribution in [-0.4, -0.2) is 29.2 Å². The largest absolute Gasteiger partial charge is 0.452 e. The minimum atomic E-state index is -0.0215. The summed E-state index contributed by atoms with van der Waals surface area (Å²) in [5.41, 5.74) is 0.471. The van der Waals surface area contributed by atoms with E-state index in [1.807, 2.05) is 4.90 Å². The topological polar surface area (TPSA) is 33.5 Å². The molecule has 1 fully saturated rings. The van der Waals surface area contributed by atoms with Gasteiger partial charge in [0.15, 0.2) is 0 Å². The van der Waals surface area contributed by atoms with Crippen LogP contribution in [0.3, 0.4) is 0 Å². The van der Waals surface area contributed by atoms with Crippen molar-refractivity contribution in [2.75, 3.05) is 18.4 Å². The van der Waals surface area contributed by atoms with Crippen LogP contribution in [0.25, 0.3) is 0 Å². The first kappa shape index (κ1) is 12.0. The minimum Gasteiger partial charge on any atom is -0.452 e. The zero-order valence-corrected chi connectivity index (χ0v) is 11.1. The minimum absolute atomic E-state index is 0.0215. The maximum atomic E-state index is 12.0. The van der Waals surface area contributed by atoms with E-state index in [0.717, 1.165) is 31.3 Å². The molecule has 0 atom stereocenters. The third-order valence-electron chi connectivity index (χ3n) is 2.97. The van der Waals surface area contributed by atoms with Crippen LogP contribution in [0, 0.1) is 5.92 Å². The maximum absolute atomic E-state index is 12.0. The lowest BCUT2D eigenvalue weighted by Gasteiger charge is -2.30. The molecule has 1 aliphatic heterocycles. The van der Waals surface area contributed by atoms with Gasteiger partial charge in [-0.1, -0.05) is 15.9 Å². The molecule has 5 heteroatoms. The molecule has 3 nitrogen and oxygen atoms in total. The fourth-order valence-corrected chi connectivity index (χ4v) is 2.75. The average Bonchev–Trinajstić information content (AvgIpc) is 2.75. The molecule has 0 radical (unpaired) electrons. The van der Waals surface area contributed by atoms with Gasteiger partial charge in [0.1, 0.15) is 0 Å². The van der Waals surface area contributed by atoms with Gasteiger partial charge < -0.3 is 9.32 Å². The predicted octanol–water partition coefficient (Wildman–Crippen LogP) is 3.18. The third-order valence-corrected chi connectivity index (χ3v) is 4.18. The Morgan fingerprint density at radius 1 is 1.56 bits per heavy atom. The lowest BCUT2D eigenvalue weighted by molar-refractivity contribution is 0.0698. The van der Waals surface area contributed by atoms with Gasteiger partial charge in [-0.2, -0.15) is 0 Å². The average molecular weight is 307 g/mol. The fourth-order valence-electron chi connectivity index (χ4n) is 1.91. The maximum Gasteiger partial charge on any atom is 0.258 e. The highest BCUT2D eigenvalue weighted by Crippen LogP contribution is 2.23. The van der Waals surface area contributed by atoms with Crippen LogP contribution in [0.2, 0.25) is 5.22 Å². The first-order valence-electron chi connectivity index (χ1n) is 5.30. The van der Waals surface area contributed by atoms with Crippen molar-refractivity contribution >= 4 is 33.4 Å². The van der Waals surface area contributed by atoms with Gasteiger partial charge in [0.2, 0.25) is 5.22 Å². The van der Waals surface area contributed by atoms with Crippen LogP contribution in [-0.2, 0) is 0 Å². The van der Waals surface area contributed by atoms with Gasteiger partial charge in [0, 0.05) is 18.4 Å². The summed E-state index contributed by atoms with van der Waals surface area (Å²) in [6, 6.07) is 1.63.